The number of halogens is 1. The Balaban J connectivity index is 1.87. The van der Waals surface area contributed by atoms with Gasteiger partial charge in [-0.05, 0) is 54.8 Å². The van der Waals surface area contributed by atoms with Crippen molar-refractivity contribution < 1.29 is 9.53 Å². The Labute approximate surface area is 130 Å². The molecule has 0 aliphatic rings. The van der Waals surface area contributed by atoms with Gasteiger partial charge in [0.1, 0.15) is 5.75 Å². The molecule has 0 radical (unpaired) electrons. The van der Waals surface area contributed by atoms with Gasteiger partial charge in [-0.2, -0.15) is 0 Å². The van der Waals surface area contributed by atoms with Gasteiger partial charge < -0.3 is 4.74 Å². The van der Waals surface area contributed by atoms with Crippen molar-refractivity contribution in [3.63, 3.8) is 0 Å². The lowest BCUT2D eigenvalue weighted by atomic mass is 10.1. The number of unbranched alkanes of at least 4 members (excludes halogenated alkanes) is 1. The van der Waals surface area contributed by atoms with Crippen LogP contribution in [0.3, 0.4) is 0 Å². The fourth-order valence-corrected chi connectivity index (χ4v) is 2.13. The van der Waals surface area contributed by atoms with Crippen LogP contribution in [-0.2, 0) is 6.42 Å². The summed E-state index contributed by atoms with van der Waals surface area (Å²) in [5, 5.41) is 0.620. The molecule has 0 N–H and O–H groups in total. The Kier molecular flexibility index (Phi) is 5.82. The van der Waals surface area contributed by atoms with Gasteiger partial charge in [0.05, 0.1) is 0 Å². The number of rotatable bonds is 7. The van der Waals surface area contributed by atoms with Crippen LogP contribution in [0.15, 0.2) is 48.5 Å². The van der Waals surface area contributed by atoms with Crippen molar-refractivity contribution in [2.45, 2.75) is 26.2 Å². The number of hydrogen-bond donors (Lipinski definition) is 0. The summed E-state index contributed by atoms with van der Waals surface area (Å²) in [6.45, 7) is 2.22. The van der Waals surface area contributed by atoms with Crippen molar-refractivity contribution in [2.24, 2.45) is 0 Å². The summed E-state index contributed by atoms with van der Waals surface area (Å²) >= 11 is 5.80. The fraction of sp³-hybridized carbons (Fsp3) is 0.278. The van der Waals surface area contributed by atoms with Crippen LogP contribution in [0.4, 0.5) is 0 Å². The summed E-state index contributed by atoms with van der Waals surface area (Å²) in [6, 6.07) is 14.8. The van der Waals surface area contributed by atoms with Gasteiger partial charge in [-0.15, -0.1) is 0 Å². The first-order chi connectivity index (χ1) is 10.2. The van der Waals surface area contributed by atoms with E-state index < -0.39 is 0 Å². The second-order valence-corrected chi connectivity index (χ2v) is 5.40. The van der Waals surface area contributed by atoms with Crippen LogP contribution in [0.1, 0.15) is 35.7 Å². The SMILES string of the molecule is CCCCc1ccc(OCC(=O)c2ccc(Cl)cc2)cc1. The molecule has 0 heterocycles. The maximum atomic E-state index is 12.0. The third kappa shape index (κ3) is 4.91. The van der Waals surface area contributed by atoms with Crippen molar-refractivity contribution in [1.82, 2.24) is 0 Å². The summed E-state index contributed by atoms with van der Waals surface area (Å²) in [4.78, 5) is 12.0. The zero-order valence-electron chi connectivity index (χ0n) is 12.1. The first-order valence-corrected chi connectivity index (χ1v) is 7.57. The molecule has 0 saturated heterocycles. The Bertz CT molecular complexity index is 573. The Morgan fingerprint density at radius 1 is 1.05 bits per heavy atom. The van der Waals surface area contributed by atoms with Crippen molar-refractivity contribution in [3.8, 4) is 5.75 Å². The number of hydrogen-bond acceptors (Lipinski definition) is 2. The molecule has 2 rings (SSSR count). The number of benzene rings is 2. The molecule has 3 heteroatoms. The Morgan fingerprint density at radius 2 is 1.71 bits per heavy atom. The van der Waals surface area contributed by atoms with Crippen molar-refractivity contribution in [3.05, 3.63) is 64.7 Å². The minimum absolute atomic E-state index is 0.0376. The minimum Gasteiger partial charge on any atom is -0.485 e. The number of ether oxygens (including phenoxy) is 1. The van der Waals surface area contributed by atoms with Gasteiger partial charge in [0.2, 0.25) is 0 Å². The molecule has 0 saturated carbocycles. The summed E-state index contributed by atoms with van der Waals surface area (Å²) in [5.74, 6) is 0.666. The molecular formula is C18H19ClO2. The van der Waals surface area contributed by atoms with Crippen LogP contribution in [0.2, 0.25) is 5.02 Å². The van der Waals surface area contributed by atoms with Gasteiger partial charge in [-0.3, -0.25) is 4.79 Å². The fourth-order valence-electron chi connectivity index (χ4n) is 2.00. The van der Waals surface area contributed by atoms with E-state index in [2.05, 4.69) is 19.1 Å². The minimum atomic E-state index is -0.0540. The van der Waals surface area contributed by atoms with Crippen molar-refractivity contribution in [1.29, 1.82) is 0 Å². The normalized spacial score (nSPS) is 10.4. The maximum absolute atomic E-state index is 12.0. The predicted octanol–water partition coefficient (Wildman–Crippen LogP) is 4.94. The molecule has 0 atom stereocenters. The van der Waals surface area contributed by atoms with Crippen LogP contribution in [0, 0.1) is 0 Å². The summed E-state index contributed by atoms with van der Waals surface area (Å²) in [5.41, 5.74) is 1.91. The van der Waals surface area contributed by atoms with Gasteiger partial charge in [0, 0.05) is 10.6 Å². The maximum Gasteiger partial charge on any atom is 0.200 e. The highest BCUT2D eigenvalue weighted by molar-refractivity contribution is 6.30. The summed E-state index contributed by atoms with van der Waals surface area (Å²) < 4.78 is 5.53. The topological polar surface area (TPSA) is 26.3 Å². The lowest BCUT2D eigenvalue weighted by Crippen LogP contribution is -2.11. The highest BCUT2D eigenvalue weighted by Crippen LogP contribution is 2.15. The second kappa shape index (κ2) is 7.84. The molecule has 0 aliphatic heterocycles. The zero-order valence-corrected chi connectivity index (χ0v) is 12.9. The second-order valence-electron chi connectivity index (χ2n) is 4.97. The molecule has 0 aromatic heterocycles. The molecule has 0 unspecified atom stereocenters. The summed E-state index contributed by atoms with van der Waals surface area (Å²) in [6.07, 6.45) is 3.46. The average molecular weight is 303 g/mol. The lowest BCUT2D eigenvalue weighted by molar-refractivity contribution is 0.0921. The molecule has 0 bridgehead atoms. The van der Waals surface area contributed by atoms with E-state index in [1.165, 1.54) is 18.4 Å². The number of carbonyl (C=O) groups excluding carboxylic acids is 1. The van der Waals surface area contributed by atoms with Gasteiger partial charge in [-0.1, -0.05) is 37.1 Å². The van der Waals surface area contributed by atoms with E-state index in [1.807, 2.05) is 12.1 Å². The highest BCUT2D eigenvalue weighted by Gasteiger charge is 2.06. The van der Waals surface area contributed by atoms with E-state index in [-0.39, 0.29) is 12.4 Å². The third-order valence-corrected chi connectivity index (χ3v) is 3.53. The molecule has 21 heavy (non-hydrogen) atoms. The average Bonchev–Trinajstić information content (AvgIpc) is 2.52. The smallest absolute Gasteiger partial charge is 0.200 e. The van der Waals surface area contributed by atoms with E-state index in [0.29, 0.717) is 10.6 Å². The number of Topliss-reactive ketones (excluding diaryl/α,β-unsaturated/α-hetero) is 1. The monoisotopic (exact) mass is 302 g/mol. The van der Waals surface area contributed by atoms with E-state index in [4.69, 9.17) is 16.3 Å². The number of ketones is 1. The van der Waals surface area contributed by atoms with Crippen LogP contribution in [0.5, 0.6) is 5.75 Å². The Morgan fingerprint density at radius 3 is 2.33 bits per heavy atom. The molecular weight excluding hydrogens is 284 g/mol. The van der Waals surface area contributed by atoms with Crippen LogP contribution < -0.4 is 4.74 Å². The molecule has 0 spiro atoms. The zero-order chi connectivity index (χ0) is 15.1. The van der Waals surface area contributed by atoms with Crippen LogP contribution in [0.25, 0.3) is 0 Å². The van der Waals surface area contributed by atoms with Gasteiger partial charge in [0.15, 0.2) is 12.4 Å². The van der Waals surface area contributed by atoms with Gasteiger partial charge in [0.25, 0.3) is 0 Å². The number of aryl methyl sites for hydroxylation is 1. The van der Waals surface area contributed by atoms with Crippen molar-refractivity contribution >= 4 is 17.4 Å². The van der Waals surface area contributed by atoms with Gasteiger partial charge in [-0.25, -0.2) is 0 Å². The predicted molar refractivity (Wildman–Crippen MR) is 86.3 cm³/mol. The first kappa shape index (κ1) is 15.6. The molecule has 2 aromatic carbocycles. The van der Waals surface area contributed by atoms with Crippen LogP contribution in [-0.4, -0.2) is 12.4 Å². The lowest BCUT2D eigenvalue weighted by Gasteiger charge is -2.07. The van der Waals surface area contributed by atoms with E-state index >= 15 is 0 Å². The molecule has 0 aliphatic carbocycles. The van der Waals surface area contributed by atoms with Gasteiger partial charge >= 0.3 is 0 Å². The molecule has 110 valence electrons. The van der Waals surface area contributed by atoms with E-state index in [1.54, 1.807) is 24.3 Å². The third-order valence-electron chi connectivity index (χ3n) is 3.28. The quantitative estimate of drug-likeness (QED) is 0.677. The molecule has 0 fully saturated rings. The first-order valence-electron chi connectivity index (χ1n) is 7.19. The van der Waals surface area contributed by atoms with E-state index in [9.17, 15) is 4.79 Å². The number of carbonyl (C=O) groups is 1. The Hall–Kier alpha value is -1.80. The largest absolute Gasteiger partial charge is 0.485 e. The van der Waals surface area contributed by atoms with Crippen LogP contribution >= 0.6 is 11.6 Å². The molecule has 0 amide bonds. The van der Waals surface area contributed by atoms with E-state index in [0.717, 1.165) is 12.2 Å². The highest BCUT2D eigenvalue weighted by atomic mass is 35.5. The summed E-state index contributed by atoms with van der Waals surface area (Å²) in [7, 11) is 0. The molecule has 2 nitrogen and oxygen atoms in total. The molecule has 2 aromatic rings. The standard InChI is InChI=1S/C18H19ClO2/c1-2-3-4-14-5-11-17(12-6-14)21-13-18(20)15-7-9-16(19)10-8-15/h5-12H,2-4,13H2,1H3. The van der Waals surface area contributed by atoms with Crippen molar-refractivity contribution in [2.75, 3.05) is 6.61 Å².